The lowest BCUT2D eigenvalue weighted by molar-refractivity contribution is 0.103. The number of hydrogen-bond donors (Lipinski definition) is 1. The third-order valence-electron chi connectivity index (χ3n) is 3.93. The van der Waals surface area contributed by atoms with E-state index in [2.05, 4.69) is 41.8 Å². The van der Waals surface area contributed by atoms with Gasteiger partial charge in [-0.2, -0.15) is 0 Å². The van der Waals surface area contributed by atoms with E-state index in [0.717, 1.165) is 19.0 Å². The summed E-state index contributed by atoms with van der Waals surface area (Å²) < 4.78 is 15.8. The molecular weight excluding hydrogens is 445 g/mol. The van der Waals surface area contributed by atoms with Crippen LogP contribution in [0, 0.1) is 5.82 Å². The smallest absolute Gasteiger partial charge is 0.234 e. The average Bonchev–Trinajstić information content (AvgIpc) is 3.32. The van der Waals surface area contributed by atoms with E-state index in [1.807, 2.05) is 0 Å². The number of carbonyl (C=O) groups excluding carboxylic acids is 1. The summed E-state index contributed by atoms with van der Waals surface area (Å²) in [6.07, 6.45) is 4.21. The number of nitrogens with zero attached hydrogens (tertiary/aromatic N) is 3. The van der Waals surface area contributed by atoms with Crippen molar-refractivity contribution in [2.45, 2.75) is 18.8 Å². The van der Waals surface area contributed by atoms with Gasteiger partial charge in [-0.1, -0.05) is 0 Å². The Hall–Kier alpha value is -1.80. The molecule has 2 aromatic heterocycles. The van der Waals surface area contributed by atoms with Crippen LogP contribution in [0.25, 0.3) is 5.78 Å². The van der Waals surface area contributed by atoms with Crippen molar-refractivity contribution in [3.05, 3.63) is 56.2 Å². The molecule has 0 radical (unpaired) electrons. The van der Waals surface area contributed by atoms with Crippen LogP contribution in [0.2, 0.25) is 0 Å². The molecule has 0 aliphatic heterocycles. The highest BCUT2D eigenvalue weighted by molar-refractivity contribution is 9.11. The van der Waals surface area contributed by atoms with Gasteiger partial charge in [-0.3, -0.25) is 9.20 Å². The zero-order chi connectivity index (χ0) is 17.0. The van der Waals surface area contributed by atoms with Crippen molar-refractivity contribution in [2.75, 3.05) is 0 Å². The Morgan fingerprint density at radius 3 is 2.58 bits per heavy atom. The van der Waals surface area contributed by atoms with Gasteiger partial charge in [0.05, 0.1) is 27.0 Å². The van der Waals surface area contributed by atoms with Gasteiger partial charge in [0.15, 0.2) is 5.82 Å². The summed E-state index contributed by atoms with van der Waals surface area (Å²) in [5.41, 5.74) is 1.34. The van der Waals surface area contributed by atoms with Gasteiger partial charge in [0.1, 0.15) is 11.4 Å². The lowest BCUT2D eigenvalue weighted by Gasteiger charge is -2.07. The predicted molar refractivity (Wildman–Crippen MR) is 91.9 cm³/mol. The fraction of sp³-hybridized carbons (Fsp3) is 0.188. The molecule has 4 rings (SSSR count). The zero-order valence-electron chi connectivity index (χ0n) is 12.1. The number of phenols is 1. The summed E-state index contributed by atoms with van der Waals surface area (Å²) in [4.78, 5) is 21.4. The fourth-order valence-corrected chi connectivity index (χ4v) is 3.81. The van der Waals surface area contributed by atoms with E-state index in [9.17, 15) is 14.3 Å². The molecule has 1 aliphatic rings. The molecule has 0 saturated heterocycles. The molecule has 0 atom stereocenters. The number of halogens is 3. The summed E-state index contributed by atoms with van der Waals surface area (Å²) in [6.45, 7) is 0. The highest BCUT2D eigenvalue weighted by Crippen LogP contribution is 2.42. The molecule has 8 heteroatoms. The van der Waals surface area contributed by atoms with Gasteiger partial charge in [-0.15, -0.1) is 0 Å². The number of phenolic OH excluding ortho intramolecular Hbond substituents is 1. The predicted octanol–water partition coefficient (Wildman–Crippen LogP) is 4.21. The molecule has 1 aliphatic carbocycles. The second-order valence-electron chi connectivity index (χ2n) is 5.68. The van der Waals surface area contributed by atoms with Gasteiger partial charge in [0.25, 0.3) is 0 Å². The van der Waals surface area contributed by atoms with Gasteiger partial charge in [-0.05, 0) is 56.8 Å². The molecular formula is C16H10Br2FN3O2. The van der Waals surface area contributed by atoms with Gasteiger partial charge in [0.2, 0.25) is 11.6 Å². The minimum atomic E-state index is -0.538. The number of rotatable bonds is 3. The van der Waals surface area contributed by atoms with Crippen LogP contribution in [0.5, 0.6) is 5.75 Å². The highest BCUT2D eigenvalue weighted by Gasteiger charge is 2.33. The first-order valence-corrected chi connectivity index (χ1v) is 8.80. The lowest BCUT2D eigenvalue weighted by Crippen LogP contribution is -2.09. The van der Waals surface area contributed by atoms with Crippen molar-refractivity contribution in [3.8, 4) is 5.75 Å². The highest BCUT2D eigenvalue weighted by atomic mass is 79.9. The minimum Gasteiger partial charge on any atom is -0.506 e. The van der Waals surface area contributed by atoms with E-state index in [4.69, 9.17) is 0 Å². The van der Waals surface area contributed by atoms with Crippen molar-refractivity contribution in [2.24, 2.45) is 0 Å². The maximum atomic E-state index is 13.6. The van der Waals surface area contributed by atoms with Gasteiger partial charge in [-0.25, -0.2) is 14.4 Å². The molecule has 0 amide bonds. The SMILES string of the molecule is O=C(c1cc(Br)c(O)c(Br)c1)c1c(C2CC2)nc2ncc(F)cn12. The monoisotopic (exact) mass is 453 g/mol. The molecule has 1 N–H and O–H groups in total. The van der Waals surface area contributed by atoms with Crippen molar-refractivity contribution >= 4 is 43.4 Å². The Morgan fingerprint density at radius 2 is 1.96 bits per heavy atom. The van der Waals surface area contributed by atoms with Crippen molar-refractivity contribution in [1.82, 2.24) is 14.4 Å². The Labute approximate surface area is 152 Å². The first kappa shape index (κ1) is 15.7. The quantitative estimate of drug-likeness (QED) is 0.602. The standard InChI is InChI=1S/C16H10Br2FN3O2/c17-10-3-8(4-11(18)15(10)24)14(23)13-12(7-1-2-7)21-16-20-5-9(19)6-22(13)16/h3-7,24H,1-2H2. The molecule has 5 nitrogen and oxygen atoms in total. The van der Waals surface area contributed by atoms with Crippen LogP contribution in [0.3, 0.4) is 0 Å². The summed E-state index contributed by atoms with van der Waals surface area (Å²) in [5, 5.41) is 9.82. The molecule has 1 aromatic carbocycles. The van der Waals surface area contributed by atoms with Crippen LogP contribution in [0.1, 0.15) is 40.5 Å². The fourth-order valence-electron chi connectivity index (χ4n) is 2.63. The molecule has 0 unspecified atom stereocenters. The van der Waals surface area contributed by atoms with Crippen LogP contribution in [-0.2, 0) is 0 Å². The van der Waals surface area contributed by atoms with Crippen LogP contribution >= 0.6 is 31.9 Å². The Kier molecular flexibility index (Phi) is 3.69. The second kappa shape index (κ2) is 5.63. The van der Waals surface area contributed by atoms with E-state index in [-0.39, 0.29) is 17.5 Å². The number of fused-ring (bicyclic) bond motifs is 1. The van der Waals surface area contributed by atoms with Crippen molar-refractivity contribution in [3.63, 3.8) is 0 Å². The third-order valence-corrected chi connectivity index (χ3v) is 5.14. The first-order chi connectivity index (χ1) is 11.5. The number of carbonyl (C=O) groups is 1. The maximum Gasteiger partial charge on any atom is 0.234 e. The van der Waals surface area contributed by atoms with E-state index in [0.29, 0.717) is 31.7 Å². The van der Waals surface area contributed by atoms with Crippen LogP contribution in [0.15, 0.2) is 33.5 Å². The summed E-state index contributed by atoms with van der Waals surface area (Å²) >= 11 is 6.45. The molecule has 24 heavy (non-hydrogen) atoms. The Balaban J connectivity index is 1.93. The zero-order valence-corrected chi connectivity index (χ0v) is 15.3. The minimum absolute atomic E-state index is 0.0137. The lowest BCUT2D eigenvalue weighted by atomic mass is 10.0. The van der Waals surface area contributed by atoms with Crippen LogP contribution in [0.4, 0.5) is 4.39 Å². The summed E-state index contributed by atoms with van der Waals surface area (Å²) in [7, 11) is 0. The van der Waals surface area contributed by atoms with Crippen molar-refractivity contribution in [1.29, 1.82) is 0 Å². The van der Waals surface area contributed by atoms with Gasteiger partial charge < -0.3 is 5.11 Å². The molecule has 0 spiro atoms. The normalized spacial score (nSPS) is 14.3. The van der Waals surface area contributed by atoms with Crippen LogP contribution in [-0.4, -0.2) is 25.3 Å². The number of hydrogen-bond acceptors (Lipinski definition) is 4. The third kappa shape index (κ3) is 2.53. The largest absolute Gasteiger partial charge is 0.506 e. The number of aromatic nitrogens is 3. The van der Waals surface area contributed by atoms with Crippen LogP contribution < -0.4 is 0 Å². The number of imidazole rings is 1. The van der Waals surface area contributed by atoms with E-state index >= 15 is 0 Å². The van der Waals surface area contributed by atoms with Gasteiger partial charge in [0, 0.05) is 11.5 Å². The van der Waals surface area contributed by atoms with E-state index in [1.54, 1.807) is 0 Å². The topological polar surface area (TPSA) is 67.5 Å². The number of aromatic hydroxyl groups is 1. The molecule has 122 valence electrons. The molecule has 1 saturated carbocycles. The maximum absolute atomic E-state index is 13.6. The summed E-state index contributed by atoms with van der Waals surface area (Å²) in [6, 6.07) is 3.07. The number of benzene rings is 1. The van der Waals surface area contributed by atoms with E-state index in [1.165, 1.54) is 22.7 Å². The Morgan fingerprint density at radius 1 is 1.29 bits per heavy atom. The second-order valence-corrected chi connectivity index (χ2v) is 7.39. The molecule has 1 fully saturated rings. The molecule has 0 bridgehead atoms. The summed E-state index contributed by atoms with van der Waals surface area (Å²) in [5.74, 6) is -0.307. The van der Waals surface area contributed by atoms with Gasteiger partial charge >= 0.3 is 0 Å². The van der Waals surface area contributed by atoms with Crippen molar-refractivity contribution < 1.29 is 14.3 Å². The molecule has 2 heterocycles. The number of ketones is 1. The Bertz CT molecular complexity index is 975. The first-order valence-electron chi connectivity index (χ1n) is 7.22. The molecule has 3 aromatic rings. The van der Waals surface area contributed by atoms with E-state index < -0.39 is 5.82 Å². The average molecular weight is 455 g/mol.